The molecule has 1 aromatic carbocycles. The normalized spacial score (nSPS) is 18.7. The summed E-state index contributed by atoms with van der Waals surface area (Å²) in [6, 6.07) is 8.00. The summed E-state index contributed by atoms with van der Waals surface area (Å²) in [6.07, 6.45) is 2.09. The van der Waals surface area contributed by atoms with Crippen molar-refractivity contribution in [3.05, 3.63) is 42.1 Å². The second-order valence-electron chi connectivity index (χ2n) is 5.89. The summed E-state index contributed by atoms with van der Waals surface area (Å²) in [4.78, 5) is 21.6. The SMILES string of the molecule is CN(c1nccc(Nc2ccccc2C(=O)O)n1)C1CCS(=O)(=O)C1. The maximum absolute atomic E-state index is 11.7. The van der Waals surface area contributed by atoms with Crippen molar-refractivity contribution in [3.8, 4) is 0 Å². The van der Waals surface area contributed by atoms with Crippen molar-refractivity contribution in [1.29, 1.82) is 0 Å². The molecule has 132 valence electrons. The number of para-hydroxylation sites is 1. The fourth-order valence-corrected chi connectivity index (χ4v) is 4.52. The van der Waals surface area contributed by atoms with E-state index in [2.05, 4.69) is 15.3 Å². The number of carboxylic acid groups (broad SMARTS) is 1. The highest BCUT2D eigenvalue weighted by molar-refractivity contribution is 7.91. The van der Waals surface area contributed by atoms with Crippen molar-refractivity contribution in [2.75, 3.05) is 28.8 Å². The summed E-state index contributed by atoms with van der Waals surface area (Å²) in [5, 5.41) is 12.2. The second-order valence-corrected chi connectivity index (χ2v) is 8.11. The third-order valence-corrected chi connectivity index (χ3v) is 5.89. The number of aromatic carboxylic acids is 1. The number of rotatable bonds is 5. The quantitative estimate of drug-likeness (QED) is 0.824. The van der Waals surface area contributed by atoms with Gasteiger partial charge in [0.05, 0.1) is 22.8 Å². The molecule has 0 aliphatic carbocycles. The average molecular weight is 362 g/mol. The van der Waals surface area contributed by atoms with Crippen molar-refractivity contribution in [2.24, 2.45) is 0 Å². The fourth-order valence-electron chi connectivity index (χ4n) is 2.75. The molecule has 3 rings (SSSR count). The molecule has 8 nitrogen and oxygen atoms in total. The van der Waals surface area contributed by atoms with Crippen LogP contribution in [0, 0.1) is 0 Å². The minimum Gasteiger partial charge on any atom is -0.478 e. The van der Waals surface area contributed by atoms with Gasteiger partial charge in [-0.25, -0.2) is 18.2 Å². The zero-order chi connectivity index (χ0) is 18.0. The molecule has 2 N–H and O–H groups in total. The number of hydrogen-bond acceptors (Lipinski definition) is 7. The first-order valence-electron chi connectivity index (χ1n) is 7.71. The van der Waals surface area contributed by atoms with Crippen LogP contribution in [0.25, 0.3) is 0 Å². The van der Waals surface area contributed by atoms with Gasteiger partial charge < -0.3 is 15.3 Å². The molecular formula is C16H18N4O4S. The molecule has 0 radical (unpaired) electrons. The van der Waals surface area contributed by atoms with E-state index < -0.39 is 15.8 Å². The van der Waals surface area contributed by atoms with Gasteiger partial charge >= 0.3 is 5.97 Å². The molecule has 1 fully saturated rings. The molecule has 1 unspecified atom stereocenters. The standard InChI is InChI=1S/C16H18N4O4S/c1-20(11-7-9-25(23,24)10-11)16-17-8-6-14(19-16)18-13-5-3-2-4-12(13)15(21)22/h2-6,8,11H,7,9-10H2,1H3,(H,21,22)(H,17,18,19). The summed E-state index contributed by atoms with van der Waals surface area (Å²) in [7, 11) is -1.24. The Morgan fingerprint density at radius 1 is 1.32 bits per heavy atom. The molecule has 0 spiro atoms. The Kier molecular flexibility index (Phi) is 4.58. The minimum absolute atomic E-state index is 0.0896. The highest BCUT2D eigenvalue weighted by Gasteiger charge is 2.31. The minimum atomic E-state index is -3.00. The van der Waals surface area contributed by atoms with E-state index in [0.717, 1.165) is 0 Å². The van der Waals surface area contributed by atoms with Crippen LogP contribution in [0.4, 0.5) is 17.5 Å². The summed E-state index contributed by atoms with van der Waals surface area (Å²) < 4.78 is 23.3. The predicted octanol–water partition coefficient (Wildman–Crippen LogP) is 1.54. The van der Waals surface area contributed by atoms with Gasteiger partial charge in [0.2, 0.25) is 5.95 Å². The van der Waals surface area contributed by atoms with Gasteiger partial charge in [0.25, 0.3) is 0 Å². The van der Waals surface area contributed by atoms with Gasteiger partial charge in [-0.1, -0.05) is 12.1 Å². The van der Waals surface area contributed by atoms with Crippen LogP contribution in [0.15, 0.2) is 36.5 Å². The van der Waals surface area contributed by atoms with E-state index in [1.807, 2.05) is 0 Å². The van der Waals surface area contributed by atoms with Gasteiger partial charge in [0.1, 0.15) is 5.82 Å². The van der Waals surface area contributed by atoms with Crippen molar-refractivity contribution >= 4 is 33.3 Å². The van der Waals surface area contributed by atoms with E-state index in [0.29, 0.717) is 23.9 Å². The third kappa shape index (κ3) is 3.87. The topological polar surface area (TPSA) is 112 Å². The van der Waals surface area contributed by atoms with E-state index in [1.165, 1.54) is 6.07 Å². The van der Waals surface area contributed by atoms with Crippen molar-refractivity contribution < 1.29 is 18.3 Å². The monoisotopic (exact) mass is 362 g/mol. The third-order valence-electron chi connectivity index (χ3n) is 4.13. The van der Waals surface area contributed by atoms with Crippen LogP contribution in [0.1, 0.15) is 16.8 Å². The number of nitrogens with one attached hydrogen (secondary N) is 1. The van der Waals surface area contributed by atoms with Gasteiger partial charge in [-0.05, 0) is 24.6 Å². The molecule has 0 bridgehead atoms. The van der Waals surface area contributed by atoms with Crippen molar-refractivity contribution in [2.45, 2.75) is 12.5 Å². The Bertz CT molecular complexity index is 901. The summed E-state index contributed by atoms with van der Waals surface area (Å²) in [5.74, 6) is 0.0511. The van der Waals surface area contributed by atoms with Gasteiger partial charge in [0.15, 0.2) is 9.84 Å². The lowest BCUT2D eigenvalue weighted by atomic mass is 10.2. The van der Waals surface area contributed by atoms with Crippen LogP contribution < -0.4 is 10.2 Å². The van der Waals surface area contributed by atoms with Crippen molar-refractivity contribution in [1.82, 2.24) is 9.97 Å². The molecule has 1 atom stereocenters. The molecule has 1 aliphatic heterocycles. The van der Waals surface area contributed by atoms with Gasteiger partial charge in [-0.15, -0.1) is 0 Å². The number of aromatic nitrogens is 2. The van der Waals surface area contributed by atoms with E-state index in [-0.39, 0.29) is 23.1 Å². The Labute approximate surface area is 145 Å². The average Bonchev–Trinajstić information content (AvgIpc) is 2.95. The number of carbonyl (C=O) groups is 1. The number of nitrogens with zero attached hydrogens (tertiary/aromatic N) is 3. The van der Waals surface area contributed by atoms with Crippen molar-refractivity contribution in [3.63, 3.8) is 0 Å². The van der Waals surface area contributed by atoms with E-state index in [4.69, 9.17) is 0 Å². The molecular weight excluding hydrogens is 344 g/mol. The molecule has 1 saturated heterocycles. The lowest BCUT2D eigenvalue weighted by Gasteiger charge is -2.23. The molecule has 1 aliphatic rings. The number of anilines is 3. The Balaban J connectivity index is 1.82. The first kappa shape index (κ1) is 17.2. The summed E-state index contributed by atoms with van der Waals surface area (Å²) >= 11 is 0. The van der Waals surface area contributed by atoms with Gasteiger partial charge in [-0.2, -0.15) is 4.98 Å². The lowest BCUT2D eigenvalue weighted by molar-refractivity contribution is 0.0698. The van der Waals surface area contributed by atoms with E-state index in [9.17, 15) is 18.3 Å². The number of benzene rings is 1. The van der Waals surface area contributed by atoms with E-state index in [1.54, 1.807) is 42.4 Å². The van der Waals surface area contributed by atoms with Crippen LogP contribution in [0.5, 0.6) is 0 Å². The Morgan fingerprint density at radius 2 is 2.08 bits per heavy atom. The van der Waals surface area contributed by atoms with Crippen LogP contribution in [0.2, 0.25) is 0 Å². The highest BCUT2D eigenvalue weighted by Crippen LogP contribution is 2.23. The van der Waals surface area contributed by atoms with Gasteiger partial charge in [0, 0.05) is 19.3 Å². The maximum Gasteiger partial charge on any atom is 0.337 e. The molecule has 25 heavy (non-hydrogen) atoms. The number of sulfone groups is 1. The molecule has 9 heteroatoms. The zero-order valence-corrected chi connectivity index (χ0v) is 14.4. The maximum atomic E-state index is 11.7. The van der Waals surface area contributed by atoms with Crippen LogP contribution in [0.3, 0.4) is 0 Å². The second kappa shape index (κ2) is 6.67. The molecule has 1 aromatic heterocycles. The Hall–Kier alpha value is -2.68. The van der Waals surface area contributed by atoms with E-state index >= 15 is 0 Å². The summed E-state index contributed by atoms with van der Waals surface area (Å²) in [6.45, 7) is 0. The number of hydrogen-bond donors (Lipinski definition) is 2. The first-order valence-corrected chi connectivity index (χ1v) is 9.53. The highest BCUT2D eigenvalue weighted by atomic mass is 32.2. The van der Waals surface area contributed by atoms with Gasteiger partial charge in [-0.3, -0.25) is 0 Å². The molecule has 0 amide bonds. The number of carboxylic acids is 1. The fraction of sp³-hybridized carbons (Fsp3) is 0.312. The zero-order valence-electron chi connectivity index (χ0n) is 13.6. The Morgan fingerprint density at radius 3 is 2.76 bits per heavy atom. The largest absolute Gasteiger partial charge is 0.478 e. The van der Waals surface area contributed by atoms with Crippen LogP contribution in [-0.4, -0.2) is 54.1 Å². The smallest absolute Gasteiger partial charge is 0.337 e. The van der Waals surface area contributed by atoms with Crippen LogP contribution >= 0.6 is 0 Å². The summed E-state index contributed by atoms with van der Waals surface area (Å²) in [5.41, 5.74) is 0.559. The molecule has 0 saturated carbocycles. The molecule has 2 aromatic rings. The van der Waals surface area contributed by atoms with Crippen LogP contribution in [-0.2, 0) is 9.84 Å². The first-order chi connectivity index (χ1) is 11.9. The lowest BCUT2D eigenvalue weighted by Crippen LogP contribution is -2.33. The predicted molar refractivity (Wildman–Crippen MR) is 94.2 cm³/mol. The molecule has 2 heterocycles.